The topological polar surface area (TPSA) is 118 Å². The second-order valence-corrected chi connectivity index (χ2v) is 22.5. The lowest BCUT2D eigenvalue weighted by Gasteiger charge is -2.51. The van der Waals surface area contributed by atoms with Crippen LogP contribution in [-0.2, 0) is 38.5 Å². The van der Waals surface area contributed by atoms with Crippen molar-refractivity contribution in [2.45, 2.75) is 245 Å². The molecule has 4 aliphatic rings. The van der Waals surface area contributed by atoms with Crippen molar-refractivity contribution in [1.29, 1.82) is 0 Å². The van der Waals surface area contributed by atoms with Crippen LogP contribution in [0.5, 0.6) is 0 Å². The molecular formula is C44H78N4O8. The average Bonchev–Trinajstić information content (AvgIpc) is 3.01. The van der Waals surface area contributed by atoms with Crippen LogP contribution >= 0.6 is 0 Å². The second-order valence-electron chi connectivity index (χ2n) is 22.5. The van der Waals surface area contributed by atoms with Crippen LogP contribution in [-0.4, -0.2) is 88.4 Å². The van der Waals surface area contributed by atoms with Gasteiger partial charge in [-0.25, -0.2) is 0 Å². The van der Waals surface area contributed by atoms with Crippen LogP contribution < -0.4 is 0 Å². The molecule has 0 aliphatic carbocycles. The van der Waals surface area contributed by atoms with E-state index in [1.807, 2.05) is 111 Å². The van der Waals surface area contributed by atoms with E-state index in [1.54, 1.807) is 20.3 Å². The molecule has 0 aromatic rings. The van der Waals surface area contributed by atoms with Gasteiger partial charge in [0.25, 0.3) is 0 Å². The van der Waals surface area contributed by atoms with E-state index in [0.717, 1.165) is 77.0 Å². The summed E-state index contributed by atoms with van der Waals surface area (Å²) in [6.07, 6.45) is 9.28. The van der Waals surface area contributed by atoms with Gasteiger partial charge in [-0.3, -0.25) is 19.2 Å². The van der Waals surface area contributed by atoms with Crippen molar-refractivity contribution < 1.29 is 38.5 Å². The number of nitrogens with zero attached hydrogens (tertiary/aromatic N) is 4. The molecule has 12 nitrogen and oxygen atoms in total. The maximum absolute atomic E-state index is 14.9. The summed E-state index contributed by atoms with van der Waals surface area (Å²) in [5.41, 5.74) is -3.93. The van der Waals surface area contributed by atoms with Gasteiger partial charge in [0, 0.05) is 0 Å². The molecule has 2 unspecified atom stereocenters. The summed E-state index contributed by atoms with van der Waals surface area (Å²) in [6.45, 7) is 32.5. The summed E-state index contributed by atoms with van der Waals surface area (Å²) in [7, 11) is 0. The van der Waals surface area contributed by atoms with Gasteiger partial charge in [0.2, 0.25) is 0 Å². The van der Waals surface area contributed by atoms with Crippen LogP contribution in [0.25, 0.3) is 0 Å². The molecule has 0 spiro atoms. The van der Waals surface area contributed by atoms with Crippen molar-refractivity contribution >= 4 is 23.9 Å². The summed E-state index contributed by atoms with van der Waals surface area (Å²) >= 11 is 0. The van der Waals surface area contributed by atoms with Gasteiger partial charge in [0.15, 0.2) is 0 Å². The minimum atomic E-state index is -1.43. The Morgan fingerprint density at radius 2 is 0.536 bits per heavy atom. The fourth-order valence-corrected chi connectivity index (χ4v) is 10.6. The minimum Gasteiger partial charge on any atom is -0.367 e. The van der Waals surface area contributed by atoms with Gasteiger partial charge in [-0.05, 0) is 188 Å². The van der Waals surface area contributed by atoms with Gasteiger partial charge < -0.3 is 19.4 Å². The van der Waals surface area contributed by atoms with Crippen molar-refractivity contribution in [1.82, 2.24) is 20.3 Å². The van der Waals surface area contributed by atoms with Gasteiger partial charge >= 0.3 is 23.9 Å². The van der Waals surface area contributed by atoms with E-state index in [4.69, 9.17) is 19.4 Å². The average molecular weight is 791 g/mol. The lowest BCUT2D eigenvalue weighted by molar-refractivity contribution is -0.281. The Kier molecular flexibility index (Phi) is 13.3. The molecule has 4 saturated heterocycles. The highest BCUT2D eigenvalue weighted by Gasteiger charge is 2.52. The molecular weight excluding hydrogens is 713 g/mol. The fourth-order valence-electron chi connectivity index (χ4n) is 10.6. The summed E-state index contributed by atoms with van der Waals surface area (Å²) in [6, 6.07) is 0. The van der Waals surface area contributed by atoms with Crippen molar-refractivity contribution in [3.8, 4) is 0 Å². The van der Waals surface area contributed by atoms with Crippen molar-refractivity contribution in [3.05, 3.63) is 0 Å². The van der Waals surface area contributed by atoms with Gasteiger partial charge in [0.05, 0.1) is 69.0 Å². The van der Waals surface area contributed by atoms with Crippen LogP contribution in [0.3, 0.4) is 0 Å². The number of carbonyl (C=O) groups excluding carboxylic acids is 4. The van der Waals surface area contributed by atoms with Gasteiger partial charge in [-0.15, -0.1) is 20.3 Å². The fraction of sp³-hybridized carbons (Fsp3) is 0.909. The van der Waals surface area contributed by atoms with Crippen LogP contribution in [0.1, 0.15) is 201 Å². The van der Waals surface area contributed by atoms with Crippen molar-refractivity contribution in [2.24, 2.45) is 11.8 Å². The van der Waals surface area contributed by atoms with Crippen LogP contribution in [0, 0.1) is 11.8 Å². The van der Waals surface area contributed by atoms with E-state index < -0.39 is 92.9 Å². The Morgan fingerprint density at radius 1 is 0.357 bits per heavy atom. The quantitative estimate of drug-likeness (QED) is 0.199. The highest BCUT2D eigenvalue weighted by atomic mass is 16.7. The summed E-state index contributed by atoms with van der Waals surface area (Å²) in [4.78, 5) is 83.4. The number of hydroxylamine groups is 8. The van der Waals surface area contributed by atoms with Crippen molar-refractivity contribution in [3.63, 3.8) is 0 Å². The highest BCUT2D eigenvalue weighted by Crippen LogP contribution is 2.44. The van der Waals surface area contributed by atoms with Gasteiger partial charge in [-0.2, -0.15) is 0 Å². The first kappa shape index (κ1) is 46.4. The number of rotatable bonds is 11. The van der Waals surface area contributed by atoms with Gasteiger partial charge in [-0.1, -0.05) is 0 Å². The first-order valence-corrected chi connectivity index (χ1v) is 21.4. The third-order valence-electron chi connectivity index (χ3n) is 13.3. The molecule has 56 heavy (non-hydrogen) atoms. The SMILES string of the molecule is CC1(C)CCCC(C)(C)N1OC(=O)CC(C(=O)ON1C(C)(C)CCCC1(C)C)C(CC(=O)ON1C(C)(C)CCCC1(C)C)C(=O)ON1C(C)(C)CCCC1(C)C. The second kappa shape index (κ2) is 16.1. The molecule has 322 valence electrons. The molecule has 0 bridgehead atoms. The first-order valence-electron chi connectivity index (χ1n) is 21.4. The Labute approximate surface area is 338 Å². The summed E-state index contributed by atoms with van der Waals surface area (Å²) in [5.74, 6) is -5.79. The van der Waals surface area contributed by atoms with Crippen LogP contribution in [0.2, 0.25) is 0 Å². The van der Waals surface area contributed by atoms with E-state index >= 15 is 0 Å². The standard InChI is InChI=1S/C44H78N4O8/c1-37(2)21-17-22-38(3,4)45(37)53-33(49)29-31(35(51)55-47-41(9,10)25-19-26-42(47,11)12)32(36(52)56-48-43(13,14)27-20-28-44(48,15)16)30-34(50)54-46-39(5,6)23-18-24-40(46,7)8/h31-32H,17-30H2,1-16H3. The lowest BCUT2D eigenvalue weighted by atomic mass is 9.81. The predicted molar refractivity (Wildman–Crippen MR) is 216 cm³/mol. The highest BCUT2D eigenvalue weighted by molar-refractivity contribution is 5.88. The largest absolute Gasteiger partial charge is 0.367 e. The van der Waals surface area contributed by atoms with Crippen LogP contribution in [0.15, 0.2) is 0 Å². The van der Waals surface area contributed by atoms with E-state index in [2.05, 4.69) is 0 Å². The molecule has 4 fully saturated rings. The molecule has 4 rings (SSSR count). The van der Waals surface area contributed by atoms with Crippen molar-refractivity contribution in [2.75, 3.05) is 0 Å². The van der Waals surface area contributed by atoms with E-state index in [-0.39, 0.29) is 0 Å². The van der Waals surface area contributed by atoms with Crippen LogP contribution in [0.4, 0.5) is 0 Å². The Morgan fingerprint density at radius 3 is 0.732 bits per heavy atom. The molecule has 2 atom stereocenters. The van der Waals surface area contributed by atoms with E-state index in [0.29, 0.717) is 0 Å². The molecule has 4 heterocycles. The lowest BCUT2D eigenvalue weighted by Crippen LogP contribution is -2.61. The Balaban J connectivity index is 1.78. The number of hydrogen-bond acceptors (Lipinski definition) is 12. The summed E-state index contributed by atoms with van der Waals surface area (Å²) in [5, 5.41) is 6.92. The molecule has 0 radical (unpaired) electrons. The Hall–Kier alpha value is -2.28. The zero-order valence-corrected chi connectivity index (χ0v) is 38.1. The number of piperidine rings is 4. The number of hydrogen-bond donors (Lipinski definition) is 0. The Bertz CT molecular complexity index is 1290. The predicted octanol–water partition coefficient (Wildman–Crippen LogP) is 9.00. The smallest absolute Gasteiger partial charge is 0.329 e. The molecule has 0 aromatic carbocycles. The van der Waals surface area contributed by atoms with E-state index in [1.165, 1.54) is 0 Å². The maximum Gasteiger partial charge on any atom is 0.329 e. The molecule has 12 heteroatoms. The third-order valence-corrected chi connectivity index (χ3v) is 13.3. The van der Waals surface area contributed by atoms with E-state index in [9.17, 15) is 19.2 Å². The monoisotopic (exact) mass is 791 g/mol. The zero-order chi connectivity index (χ0) is 42.5. The zero-order valence-electron chi connectivity index (χ0n) is 38.1. The molecule has 0 amide bonds. The normalized spacial score (nSPS) is 27.9. The number of carbonyl (C=O) groups is 4. The molecule has 0 aromatic heterocycles. The minimum absolute atomic E-state index is 0.461. The molecule has 0 saturated carbocycles. The molecule has 4 aliphatic heterocycles. The first-order chi connectivity index (χ1) is 25.3. The maximum atomic E-state index is 14.9. The van der Waals surface area contributed by atoms with Gasteiger partial charge in [0.1, 0.15) is 0 Å². The third kappa shape index (κ3) is 10.3. The summed E-state index contributed by atoms with van der Waals surface area (Å²) < 4.78 is 0. The molecule has 0 N–H and O–H groups in total.